The van der Waals surface area contributed by atoms with Gasteiger partial charge in [0, 0.05) is 6.20 Å². The zero-order valence-corrected chi connectivity index (χ0v) is 5.22. The lowest BCUT2D eigenvalue weighted by Gasteiger charge is -1.98. The molecule has 0 unspecified atom stereocenters. The monoisotopic (exact) mass is 140 g/mol. The number of hydrazine groups is 1. The number of H-pyrrole nitrogens is 1. The molecular weight excluding hydrogens is 132 g/mol. The molecule has 0 aliphatic rings. The maximum atomic E-state index is 10.5. The molecule has 0 saturated heterocycles. The Bertz CT molecular complexity index is 205. The van der Waals surface area contributed by atoms with Crippen LogP contribution in [0.4, 0.5) is 10.6 Å². The third-order valence-electron chi connectivity index (χ3n) is 0.977. The molecule has 0 aliphatic carbocycles. The Labute approximate surface area is 57.6 Å². The SMILES string of the molecule is NNC(=O)Nc1ccc[nH]1. The first-order valence-electron chi connectivity index (χ1n) is 2.74. The van der Waals surface area contributed by atoms with Crippen molar-refractivity contribution in [3.05, 3.63) is 18.3 Å². The lowest BCUT2D eigenvalue weighted by molar-refractivity contribution is 0.252. The van der Waals surface area contributed by atoms with Gasteiger partial charge in [-0.05, 0) is 12.1 Å². The number of carbonyl (C=O) groups excluding carboxylic acids is 1. The number of amides is 2. The van der Waals surface area contributed by atoms with E-state index in [9.17, 15) is 4.79 Å². The Morgan fingerprint density at radius 1 is 1.70 bits per heavy atom. The molecule has 1 rings (SSSR count). The molecule has 1 heterocycles. The lowest BCUT2D eigenvalue weighted by Crippen LogP contribution is -2.34. The number of carbonyl (C=O) groups is 1. The third-order valence-corrected chi connectivity index (χ3v) is 0.977. The van der Waals surface area contributed by atoms with E-state index < -0.39 is 6.03 Å². The minimum atomic E-state index is -0.442. The second-order valence-electron chi connectivity index (χ2n) is 1.68. The molecule has 0 saturated carbocycles. The largest absolute Gasteiger partial charge is 0.348 e. The van der Waals surface area contributed by atoms with E-state index in [0.717, 1.165) is 0 Å². The number of hydrogen-bond acceptors (Lipinski definition) is 2. The van der Waals surface area contributed by atoms with Gasteiger partial charge in [0.15, 0.2) is 0 Å². The summed E-state index contributed by atoms with van der Waals surface area (Å²) in [6.45, 7) is 0. The van der Waals surface area contributed by atoms with E-state index >= 15 is 0 Å². The highest BCUT2D eigenvalue weighted by atomic mass is 16.2. The summed E-state index contributed by atoms with van der Waals surface area (Å²) in [4.78, 5) is 13.3. The van der Waals surface area contributed by atoms with Gasteiger partial charge in [-0.3, -0.25) is 10.7 Å². The molecule has 1 aromatic rings. The van der Waals surface area contributed by atoms with Gasteiger partial charge < -0.3 is 4.98 Å². The molecular formula is C5H8N4O. The van der Waals surface area contributed by atoms with Gasteiger partial charge in [-0.25, -0.2) is 10.6 Å². The summed E-state index contributed by atoms with van der Waals surface area (Å²) >= 11 is 0. The van der Waals surface area contributed by atoms with Crippen LogP contribution in [-0.4, -0.2) is 11.0 Å². The zero-order valence-electron chi connectivity index (χ0n) is 5.22. The second kappa shape index (κ2) is 2.88. The molecule has 54 valence electrons. The van der Waals surface area contributed by atoms with Crippen LogP contribution in [0.2, 0.25) is 0 Å². The Balaban J connectivity index is 2.48. The minimum Gasteiger partial charge on any atom is -0.348 e. The summed E-state index contributed by atoms with van der Waals surface area (Å²) in [6, 6.07) is 3.05. The zero-order chi connectivity index (χ0) is 7.40. The van der Waals surface area contributed by atoms with E-state index in [0.29, 0.717) is 5.82 Å². The van der Waals surface area contributed by atoms with Crippen molar-refractivity contribution in [2.24, 2.45) is 5.84 Å². The molecule has 5 nitrogen and oxygen atoms in total. The van der Waals surface area contributed by atoms with Gasteiger partial charge in [0.05, 0.1) is 0 Å². The van der Waals surface area contributed by atoms with Crippen LogP contribution in [0.5, 0.6) is 0 Å². The average Bonchev–Trinajstić information content (AvgIpc) is 2.40. The van der Waals surface area contributed by atoms with Crippen molar-refractivity contribution in [3.63, 3.8) is 0 Å². The van der Waals surface area contributed by atoms with E-state index in [-0.39, 0.29) is 0 Å². The van der Waals surface area contributed by atoms with Gasteiger partial charge in [-0.2, -0.15) is 0 Å². The first-order valence-corrected chi connectivity index (χ1v) is 2.74. The molecule has 0 fully saturated rings. The summed E-state index contributed by atoms with van der Waals surface area (Å²) in [5.74, 6) is 5.43. The third kappa shape index (κ3) is 1.49. The number of nitrogens with two attached hydrogens (primary N) is 1. The quantitative estimate of drug-likeness (QED) is 0.252. The predicted octanol–water partition coefficient (Wildman–Crippen LogP) is 0.00990. The standard InChI is InChI=1S/C5H8N4O/c6-9-5(10)8-4-2-1-3-7-4/h1-3,7H,6H2,(H2,8,9,10). The van der Waals surface area contributed by atoms with E-state index in [1.807, 2.05) is 5.43 Å². The first kappa shape index (κ1) is 6.63. The highest BCUT2D eigenvalue weighted by Gasteiger charge is 1.95. The van der Waals surface area contributed by atoms with Crippen LogP contribution in [0.1, 0.15) is 0 Å². The maximum Gasteiger partial charge on any atom is 0.334 e. The Morgan fingerprint density at radius 2 is 2.50 bits per heavy atom. The van der Waals surface area contributed by atoms with Crippen molar-refractivity contribution in [1.82, 2.24) is 10.4 Å². The summed E-state index contributed by atoms with van der Waals surface area (Å²) in [7, 11) is 0. The summed E-state index contributed by atoms with van der Waals surface area (Å²) < 4.78 is 0. The number of aromatic nitrogens is 1. The van der Waals surface area contributed by atoms with Crippen molar-refractivity contribution in [2.45, 2.75) is 0 Å². The number of nitrogens with one attached hydrogen (secondary N) is 3. The van der Waals surface area contributed by atoms with Gasteiger partial charge >= 0.3 is 6.03 Å². The fraction of sp³-hybridized carbons (Fsp3) is 0. The van der Waals surface area contributed by atoms with Gasteiger partial charge in [0.2, 0.25) is 0 Å². The van der Waals surface area contributed by atoms with Gasteiger partial charge in [0.25, 0.3) is 0 Å². The summed E-state index contributed by atoms with van der Waals surface area (Å²) in [5, 5.41) is 2.44. The van der Waals surface area contributed by atoms with Crippen molar-refractivity contribution in [1.29, 1.82) is 0 Å². The minimum absolute atomic E-state index is 0.442. The van der Waals surface area contributed by atoms with E-state index in [4.69, 9.17) is 5.84 Å². The Morgan fingerprint density at radius 3 is 3.00 bits per heavy atom. The highest BCUT2D eigenvalue weighted by molar-refractivity contribution is 5.87. The van der Waals surface area contributed by atoms with Gasteiger partial charge in [0.1, 0.15) is 5.82 Å². The maximum absolute atomic E-state index is 10.5. The van der Waals surface area contributed by atoms with Gasteiger partial charge in [-0.15, -0.1) is 0 Å². The molecule has 5 N–H and O–H groups in total. The van der Waals surface area contributed by atoms with Crippen molar-refractivity contribution < 1.29 is 4.79 Å². The number of aromatic amines is 1. The van der Waals surface area contributed by atoms with Crippen LogP contribution in [0, 0.1) is 0 Å². The lowest BCUT2D eigenvalue weighted by atomic mass is 10.6. The van der Waals surface area contributed by atoms with Gasteiger partial charge in [-0.1, -0.05) is 0 Å². The van der Waals surface area contributed by atoms with Crippen LogP contribution in [0.25, 0.3) is 0 Å². The van der Waals surface area contributed by atoms with E-state index in [1.165, 1.54) is 0 Å². The number of anilines is 1. The Kier molecular flexibility index (Phi) is 1.91. The molecule has 10 heavy (non-hydrogen) atoms. The molecule has 5 heteroatoms. The first-order chi connectivity index (χ1) is 4.83. The number of hydrogen-bond donors (Lipinski definition) is 4. The smallest absolute Gasteiger partial charge is 0.334 e. The van der Waals surface area contributed by atoms with Crippen molar-refractivity contribution in [2.75, 3.05) is 5.32 Å². The number of urea groups is 1. The molecule has 0 radical (unpaired) electrons. The molecule has 0 atom stereocenters. The average molecular weight is 140 g/mol. The van der Waals surface area contributed by atoms with E-state index in [2.05, 4.69) is 10.3 Å². The van der Waals surface area contributed by atoms with Crippen molar-refractivity contribution in [3.8, 4) is 0 Å². The van der Waals surface area contributed by atoms with Crippen LogP contribution in [0.15, 0.2) is 18.3 Å². The van der Waals surface area contributed by atoms with Crippen LogP contribution < -0.4 is 16.6 Å². The number of rotatable bonds is 1. The summed E-state index contributed by atoms with van der Waals surface area (Å²) in [5.41, 5.74) is 1.93. The fourth-order valence-electron chi connectivity index (χ4n) is 0.566. The fourth-order valence-corrected chi connectivity index (χ4v) is 0.566. The van der Waals surface area contributed by atoms with Crippen LogP contribution in [-0.2, 0) is 0 Å². The topological polar surface area (TPSA) is 82.9 Å². The normalized spacial score (nSPS) is 8.90. The molecule has 0 aliphatic heterocycles. The molecule has 0 aromatic carbocycles. The van der Waals surface area contributed by atoms with Crippen molar-refractivity contribution >= 4 is 11.8 Å². The molecule has 0 bridgehead atoms. The second-order valence-corrected chi connectivity index (χ2v) is 1.68. The van der Waals surface area contributed by atoms with Crippen LogP contribution >= 0.6 is 0 Å². The molecule has 0 spiro atoms. The Hall–Kier alpha value is -1.49. The predicted molar refractivity (Wildman–Crippen MR) is 37.1 cm³/mol. The highest BCUT2D eigenvalue weighted by Crippen LogP contribution is 1.99. The molecule has 1 aromatic heterocycles. The van der Waals surface area contributed by atoms with Crippen LogP contribution in [0.3, 0.4) is 0 Å². The van der Waals surface area contributed by atoms with E-state index in [1.54, 1.807) is 18.3 Å². The molecule has 2 amide bonds. The summed E-state index contributed by atoms with van der Waals surface area (Å²) in [6.07, 6.45) is 1.70.